The molecule has 0 aliphatic carbocycles. The minimum Gasteiger partial charge on any atom is -0.463 e. The standard InChI is InChI=1S/C10H11FN2O.2ClH/c1-6-7(3-2-4-8(6)11)9-5-14-10(12)13-9;;/h2-4,9H,5H2,1H3,(H2,12,13);2*1H. The van der Waals surface area contributed by atoms with Crippen LogP contribution < -0.4 is 5.73 Å². The quantitative estimate of drug-likeness (QED) is 0.849. The molecule has 16 heavy (non-hydrogen) atoms. The van der Waals surface area contributed by atoms with Gasteiger partial charge in [0.15, 0.2) is 0 Å². The molecule has 2 rings (SSSR count). The molecule has 0 amide bonds. The van der Waals surface area contributed by atoms with E-state index in [1.54, 1.807) is 13.0 Å². The third-order valence-electron chi connectivity index (χ3n) is 2.34. The maximum absolute atomic E-state index is 13.2. The van der Waals surface area contributed by atoms with Gasteiger partial charge in [-0.1, -0.05) is 12.1 Å². The maximum atomic E-state index is 13.2. The predicted octanol–water partition coefficient (Wildman–Crippen LogP) is 2.36. The van der Waals surface area contributed by atoms with Gasteiger partial charge >= 0.3 is 0 Å². The summed E-state index contributed by atoms with van der Waals surface area (Å²) in [5.41, 5.74) is 6.83. The fraction of sp³-hybridized carbons (Fsp3) is 0.300. The predicted molar refractivity (Wildman–Crippen MR) is 65.9 cm³/mol. The Labute approximate surface area is 106 Å². The van der Waals surface area contributed by atoms with Gasteiger partial charge in [0.05, 0.1) is 0 Å². The summed E-state index contributed by atoms with van der Waals surface area (Å²) in [5, 5.41) is 0. The lowest BCUT2D eigenvalue weighted by molar-refractivity contribution is 0.314. The average Bonchev–Trinajstić information content (AvgIpc) is 2.57. The summed E-state index contributed by atoms with van der Waals surface area (Å²) in [6, 6.07) is 4.96. The lowest BCUT2D eigenvalue weighted by Gasteiger charge is -2.09. The van der Waals surface area contributed by atoms with Gasteiger partial charge in [0.25, 0.3) is 6.02 Å². The molecule has 1 atom stereocenters. The van der Waals surface area contributed by atoms with Crippen LogP contribution in [-0.2, 0) is 4.74 Å². The zero-order valence-electron chi connectivity index (χ0n) is 8.64. The fourth-order valence-corrected chi connectivity index (χ4v) is 1.54. The third-order valence-corrected chi connectivity index (χ3v) is 2.34. The van der Waals surface area contributed by atoms with Crippen LogP contribution in [0.4, 0.5) is 4.39 Å². The lowest BCUT2D eigenvalue weighted by atomic mass is 10.0. The van der Waals surface area contributed by atoms with Gasteiger partial charge in [-0.05, 0) is 24.1 Å². The molecule has 1 aliphatic heterocycles. The Bertz CT molecular complexity index is 398. The Morgan fingerprint density at radius 3 is 2.69 bits per heavy atom. The summed E-state index contributed by atoms with van der Waals surface area (Å²) >= 11 is 0. The van der Waals surface area contributed by atoms with Crippen LogP contribution >= 0.6 is 24.8 Å². The monoisotopic (exact) mass is 266 g/mol. The largest absolute Gasteiger partial charge is 0.463 e. The highest BCUT2D eigenvalue weighted by Gasteiger charge is 2.21. The normalized spacial score (nSPS) is 17.9. The van der Waals surface area contributed by atoms with E-state index in [0.29, 0.717) is 12.2 Å². The van der Waals surface area contributed by atoms with Crippen molar-refractivity contribution in [2.75, 3.05) is 6.61 Å². The van der Waals surface area contributed by atoms with Crippen molar-refractivity contribution in [3.05, 3.63) is 35.1 Å². The van der Waals surface area contributed by atoms with E-state index in [1.807, 2.05) is 6.07 Å². The van der Waals surface area contributed by atoms with Crippen molar-refractivity contribution in [3.8, 4) is 0 Å². The summed E-state index contributed by atoms with van der Waals surface area (Å²) in [5.74, 6) is -0.219. The Kier molecular flexibility index (Phi) is 5.55. The molecule has 3 nitrogen and oxygen atoms in total. The molecule has 90 valence electrons. The van der Waals surface area contributed by atoms with Crippen LogP contribution in [0.3, 0.4) is 0 Å². The summed E-state index contributed by atoms with van der Waals surface area (Å²) < 4.78 is 18.2. The zero-order chi connectivity index (χ0) is 10.1. The van der Waals surface area contributed by atoms with Gasteiger partial charge in [-0.2, -0.15) is 0 Å². The van der Waals surface area contributed by atoms with Crippen LogP contribution in [0.15, 0.2) is 23.2 Å². The number of hydrogen-bond donors (Lipinski definition) is 1. The number of rotatable bonds is 1. The van der Waals surface area contributed by atoms with E-state index >= 15 is 0 Å². The minimum atomic E-state index is -0.219. The highest BCUT2D eigenvalue weighted by Crippen LogP contribution is 2.26. The molecular weight excluding hydrogens is 254 g/mol. The first-order chi connectivity index (χ1) is 6.68. The average molecular weight is 267 g/mol. The Hall–Kier alpha value is -1.00. The van der Waals surface area contributed by atoms with Crippen molar-refractivity contribution in [1.82, 2.24) is 0 Å². The first-order valence-corrected chi connectivity index (χ1v) is 4.39. The first kappa shape index (κ1) is 15.0. The van der Waals surface area contributed by atoms with E-state index in [1.165, 1.54) is 6.07 Å². The van der Waals surface area contributed by atoms with Crippen molar-refractivity contribution >= 4 is 30.8 Å². The van der Waals surface area contributed by atoms with E-state index in [0.717, 1.165) is 5.56 Å². The lowest BCUT2D eigenvalue weighted by Crippen LogP contribution is -2.10. The second-order valence-corrected chi connectivity index (χ2v) is 3.25. The molecule has 1 aliphatic rings. The zero-order valence-corrected chi connectivity index (χ0v) is 10.3. The van der Waals surface area contributed by atoms with Gasteiger partial charge in [-0.25, -0.2) is 9.38 Å². The van der Waals surface area contributed by atoms with E-state index in [2.05, 4.69) is 4.99 Å². The summed E-state index contributed by atoms with van der Waals surface area (Å²) in [6.07, 6.45) is 0. The van der Waals surface area contributed by atoms with Crippen LogP contribution in [-0.4, -0.2) is 12.6 Å². The van der Waals surface area contributed by atoms with E-state index in [-0.39, 0.29) is 42.7 Å². The van der Waals surface area contributed by atoms with E-state index < -0.39 is 0 Å². The highest BCUT2D eigenvalue weighted by molar-refractivity contribution is 5.85. The Morgan fingerprint density at radius 1 is 1.44 bits per heavy atom. The second kappa shape index (κ2) is 5.92. The molecule has 1 aromatic rings. The molecule has 0 bridgehead atoms. The SMILES string of the molecule is Cc1c(F)cccc1C1COC(N)=N1.Cl.Cl. The molecule has 1 aromatic carbocycles. The van der Waals surface area contributed by atoms with Gasteiger partial charge in [0, 0.05) is 0 Å². The van der Waals surface area contributed by atoms with Crippen LogP contribution in [0.5, 0.6) is 0 Å². The molecule has 6 heteroatoms. The molecule has 2 N–H and O–H groups in total. The maximum Gasteiger partial charge on any atom is 0.282 e. The second-order valence-electron chi connectivity index (χ2n) is 3.25. The van der Waals surface area contributed by atoms with Gasteiger partial charge in [0.2, 0.25) is 0 Å². The number of halogens is 3. The van der Waals surface area contributed by atoms with Gasteiger partial charge in [-0.15, -0.1) is 24.8 Å². The number of nitrogens with zero attached hydrogens (tertiary/aromatic N) is 1. The number of ether oxygens (including phenoxy) is 1. The first-order valence-electron chi connectivity index (χ1n) is 4.39. The van der Waals surface area contributed by atoms with Gasteiger partial charge in [0.1, 0.15) is 18.5 Å². The van der Waals surface area contributed by atoms with E-state index in [4.69, 9.17) is 10.5 Å². The molecule has 1 heterocycles. The Morgan fingerprint density at radius 2 is 2.12 bits per heavy atom. The minimum absolute atomic E-state index is 0. The molecule has 0 spiro atoms. The van der Waals surface area contributed by atoms with E-state index in [9.17, 15) is 4.39 Å². The van der Waals surface area contributed by atoms with Crippen LogP contribution in [0.2, 0.25) is 0 Å². The Balaban J connectivity index is 0.00000112. The highest BCUT2D eigenvalue weighted by atomic mass is 35.5. The molecule has 0 radical (unpaired) electrons. The summed E-state index contributed by atoms with van der Waals surface area (Å²) in [6.45, 7) is 2.13. The van der Waals surface area contributed by atoms with Crippen molar-refractivity contribution < 1.29 is 9.13 Å². The van der Waals surface area contributed by atoms with Crippen LogP contribution in [0.25, 0.3) is 0 Å². The molecule has 0 saturated heterocycles. The molecule has 0 saturated carbocycles. The number of amidine groups is 1. The van der Waals surface area contributed by atoms with Crippen molar-refractivity contribution in [2.24, 2.45) is 10.7 Å². The number of nitrogens with two attached hydrogens (primary N) is 1. The molecular formula is C10H13Cl2FN2O. The number of hydrogen-bond acceptors (Lipinski definition) is 3. The fourth-order valence-electron chi connectivity index (χ4n) is 1.54. The number of aliphatic imine (C=N–C) groups is 1. The van der Waals surface area contributed by atoms with Gasteiger partial charge < -0.3 is 10.5 Å². The van der Waals surface area contributed by atoms with Crippen LogP contribution in [0, 0.1) is 12.7 Å². The summed E-state index contributed by atoms with van der Waals surface area (Å²) in [7, 11) is 0. The van der Waals surface area contributed by atoms with Crippen molar-refractivity contribution in [3.63, 3.8) is 0 Å². The number of benzene rings is 1. The van der Waals surface area contributed by atoms with Gasteiger partial charge in [-0.3, -0.25) is 0 Å². The molecule has 1 unspecified atom stereocenters. The smallest absolute Gasteiger partial charge is 0.282 e. The third kappa shape index (κ3) is 2.77. The molecule has 0 fully saturated rings. The van der Waals surface area contributed by atoms with Crippen LogP contribution in [0.1, 0.15) is 17.2 Å². The topological polar surface area (TPSA) is 47.6 Å². The van der Waals surface area contributed by atoms with Crippen molar-refractivity contribution in [2.45, 2.75) is 13.0 Å². The summed E-state index contributed by atoms with van der Waals surface area (Å²) in [4.78, 5) is 4.07. The van der Waals surface area contributed by atoms with Crippen molar-refractivity contribution in [1.29, 1.82) is 0 Å². The molecule has 0 aromatic heterocycles.